The van der Waals surface area contributed by atoms with Crippen molar-refractivity contribution >= 4 is 27.3 Å². The van der Waals surface area contributed by atoms with Crippen molar-refractivity contribution in [1.82, 2.24) is 5.32 Å². The van der Waals surface area contributed by atoms with Crippen molar-refractivity contribution in [3.05, 3.63) is 119 Å². The first-order valence-corrected chi connectivity index (χ1v) is 14.4. The lowest BCUT2D eigenvalue weighted by Crippen LogP contribution is -2.44. The summed E-state index contributed by atoms with van der Waals surface area (Å²) in [5, 5.41) is 5.56. The van der Waals surface area contributed by atoms with E-state index in [0.29, 0.717) is 24.1 Å². The number of hydrogen-bond donors (Lipinski definition) is 2. The molecule has 1 heterocycles. The molecule has 1 aromatic heterocycles. The molecular formula is C31H32N2O5S. The van der Waals surface area contributed by atoms with Crippen LogP contribution in [0.5, 0.6) is 0 Å². The highest BCUT2D eigenvalue weighted by Gasteiger charge is 2.22. The first-order chi connectivity index (χ1) is 18.7. The highest BCUT2D eigenvalue weighted by atomic mass is 32.2. The lowest BCUT2D eigenvalue weighted by Gasteiger charge is -2.18. The van der Waals surface area contributed by atoms with Crippen LogP contribution in [0.25, 0.3) is 0 Å². The standard InChI is InChI=1S/C31H32N2O5S/c1-22-8-17-28(18-9-22)39(36,37)21-25-11-13-26(14-12-25)32-31(35)33-29(20-24-6-4-3-5-7-24)30(34)19-16-27-15-10-23(2)38-27/h3-15,17-18,29H,16,19-21H2,1-2H3,(H2,32,33,35)/t29-/m1/s1. The third kappa shape index (κ3) is 8.15. The van der Waals surface area contributed by atoms with Crippen LogP contribution in [-0.4, -0.2) is 26.3 Å². The Morgan fingerprint density at radius 2 is 1.51 bits per heavy atom. The van der Waals surface area contributed by atoms with Gasteiger partial charge in [-0.1, -0.05) is 60.2 Å². The highest BCUT2D eigenvalue weighted by molar-refractivity contribution is 7.90. The molecule has 202 valence electrons. The van der Waals surface area contributed by atoms with E-state index >= 15 is 0 Å². The number of urea groups is 1. The Morgan fingerprint density at radius 3 is 2.15 bits per heavy atom. The van der Waals surface area contributed by atoms with E-state index in [1.807, 2.05) is 56.3 Å². The molecule has 4 rings (SSSR count). The van der Waals surface area contributed by atoms with Gasteiger partial charge in [-0.05, 0) is 67.8 Å². The number of ketones is 1. The molecule has 0 aliphatic heterocycles. The number of sulfone groups is 1. The van der Waals surface area contributed by atoms with Crippen LogP contribution in [0.2, 0.25) is 0 Å². The molecule has 0 aliphatic carbocycles. The SMILES string of the molecule is Cc1ccc(S(=O)(=O)Cc2ccc(NC(=O)N[C@H](Cc3ccccc3)C(=O)CCc3ccc(C)o3)cc2)cc1. The topological polar surface area (TPSA) is 105 Å². The maximum Gasteiger partial charge on any atom is 0.319 e. The van der Waals surface area contributed by atoms with Crippen molar-refractivity contribution in [3.63, 3.8) is 0 Å². The number of rotatable bonds is 11. The first-order valence-electron chi connectivity index (χ1n) is 12.8. The lowest BCUT2D eigenvalue weighted by atomic mass is 9.99. The fraction of sp³-hybridized carbons (Fsp3) is 0.226. The van der Waals surface area contributed by atoms with Gasteiger partial charge in [0.25, 0.3) is 0 Å². The second-order valence-corrected chi connectivity index (χ2v) is 11.6. The van der Waals surface area contributed by atoms with Gasteiger partial charge in [-0.15, -0.1) is 0 Å². The molecule has 0 unspecified atom stereocenters. The summed E-state index contributed by atoms with van der Waals surface area (Å²) in [5.74, 6) is 1.27. The Morgan fingerprint density at radius 1 is 0.821 bits per heavy atom. The minimum Gasteiger partial charge on any atom is -0.466 e. The zero-order chi connectivity index (χ0) is 27.8. The molecule has 0 spiro atoms. The van der Waals surface area contributed by atoms with Crippen LogP contribution in [-0.2, 0) is 33.2 Å². The van der Waals surface area contributed by atoms with Crippen LogP contribution in [0.4, 0.5) is 10.5 Å². The Bertz CT molecular complexity index is 1510. The zero-order valence-electron chi connectivity index (χ0n) is 22.0. The number of carbonyl (C=O) groups is 2. The molecule has 0 saturated heterocycles. The van der Waals surface area contributed by atoms with Gasteiger partial charge in [0, 0.05) is 18.5 Å². The third-order valence-electron chi connectivity index (χ3n) is 6.34. The van der Waals surface area contributed by atoms with Gasteiger partial charge in [-0.2, -0.15) is 0 Å². The molecule has 0 fully saturated rings. The normalized spacial score (nSPS) is 12.1. The number of aryl methyl sites for hydroxylation is 3. The summed E-state index contributed by atoms with van der Waals surface area (Å²) in [6.45, 7) is 3.75. The van der Waals surface area contributed by atoms with Gasteiger partial charge in [0.1, 0.15) is 11.5 Å². The van der Waals surface area contributed by atoms with Crippen LogP contribution < -0.4 is 10.6 Å². The molecule has 7 nitrogen and oxygen atoms in total. The van der Waals surface area contributed by atoms with E-state index in [4.69, 9.17) is 4.42 Å². The maximum atomic E-state index is 13.1. The fourth-order valence-corrected chi connectivity index (χ4v) is 5.54. The minimum absolute atomic E-state index is 0.0975. The van der Waals surface area contributed by atoms with Crippen LogP contribution in [0.1, 0.15) is 34.6 Å². The fourth-order valence-electron chi connectivity index (χ4n) is 4.19. The molecule has 3 aromatic carbocycles. The Kier molecular flexibility index (Phi) is 8.99. The molecule has 2 N–H and O–H groups in total. The van der Waals surface area contributed by atoms with Gasteiger partial charge >= 0.3 is 6.03 Å². The molecule has 0 aliphatic rings. The lowest BCUT2D eigenvalue weighted by molar-refractivity contribution is -0.120. The third-order valence-corrected chi connectivity index (χ3v) is 8.04. The van der Waals surface area contributed by atoms with Crippen LogP contribution in [0, 0.1) is 13.8 Å². The van der Waals surface area contributed by atoms with E-state index in [2.05, 4.69) is 10.6 Å². The molecule has 0 radical (unpaired) electrons. The number of furan rings is 1. The largest absolute Gasteiger partial charge is 0.466 e. The van der Waals surface area contributed by atoms with E-state index in [0.717, 1.165) is 22.6 Å². The summed E-state index contributed by atoms with van der Waals surface area (Å²) in [5.41, 5.74) is 3.01. The summed E-state index contributed by atoms with van der Waals surface area (Å²) in [4.78, 5) is 26.2. The van der Waals surface area contributed by atoms with Crippen LogP contribution in [0.15, 0.2) is 100 Å². The second-order valence-electron chi connectivity index (χ2n) is 9.59. The summed E-state index contributed by atoms with van der Waals surface area (Å²) < 4.78 is 31.0. The summed E-state index contributed by atoms with van der Waals surface area (Å²) in [6.07, 6.45) is 1.04. The van der Waals surface area contributed by atoms with Crippen LogP contribution in [0.3, 0.4) is 0 Å². The van der Waals surface area contributed by atoms with E-state index in [-0.39, 0.29) is 22.9 Å². The van der Waals surface area contributed by atoms with Crippen molar-refractivity contribution in [1.29, 1.82) is 0 Å². The van der Waals surface area contributed by atoms with Crippen molar-refractivity contribution in [2.45, 2.75) is 49.8 Å². The maximum absolute atomic E-state index is 13.1. The number of amides is 2. The molecule has 1 atom stereocenters. The molecule has 39 heavy (non-hydrogen) atoms. The number of Topliss-reactive ketones (excluding diaryl/α,β-unsaturated/α-hetero) is 1. The summed E-state index contributed by atoms with van der Waals surface area (Å²) in [6, 6.07) is 25.4. The smallest absolute Gasteiger partial charge is 0.319 e. The Hall–Kier alpha value is -4.17. The van der Waals surface area contributed by atoms with Crippen molar-refractivity contribution in [2.75, 3.05) is 5.32 Å². The monoisotopic (exact) mass is 544 g/mol. The molecule has 0 saturated carbocycles. The van der Waals surface area contributed by atoms with E-state index in [1.54, 1.807) is 48.5 Å². The Labute approximate surface area is 229 Å². The van der Waals surface area contributed by atoms with Gasteiger partial charge in [-0.25, -0.2) is 13.2 Å². The summed E-state index contributed by atoms with van der Waals surface area (Å²) >= 11 is 0. The number of carbonyl (C=O) groups excluding carboxylic acids is 2. The molecule has 0 bridgehead atoms. The molecular weight excluding hydrogens is 512 g/mol. The Balaban J connectivity index is 1.38. The van der Waals surface area contributed by atoms with E-state index in [9.17, 15) is 18.0 Å². The average Bonchev–Trinajstić information content (AvgIpc) is 3.33. The number of hydrogen-bond acceptors (Lipinski definition) is 5. The van der Waals surface area contributed by atoms with Gasteiger partial charge in [-0.3, -0.25) is 4.79 Å². The van der Waals surface area contributed by atoms with Crippen molar-refractivity contribution in [2.24, 2.45) is 0 Å². The quantitative estimate of drug-likeness (QED) is 0.248. The number of nitrogens with one attached hydrogen (secondary N) is 2. The van der Waals surface area contributed by atoms with Gasteiger partial charge in [0.05, 0.1) is 16.7 Å². The number of anilines is 1. The predicted molar refractivity (Wildman–Crippen MR) is 151 cm³/mol. The average molecular weight is 545 g/mol. The molecule has 8 heteroatoms. The van der Waals surface area contributed by atoms with Crippen molar-refractivity contribution in [3.8, 4) is 0 Å². The van der Waals surface area contributed by atoms with Gasteiger partial charge in [0.15, 0.2) is 15.6 Å². The molecule has 2 amide bonds. The predicted octanol–water partition coefficient (Wildman–Crippen LogP) is 5.81. The highest BCUT2D eigenvalue weighted by Crippen LogP contribution is 2.19. The van der Waals surface area contributed by atoms with Crippen LogP contribution >= 0.6 is 0 Å². The van der Waals surface area contributed by atoms with Gasteiger partial charge < -0.3 is 15.1 Å². The minimum atomic E-state index is -3.49. The second kappa shape index (κ2) is 12.6. The summed E-state index contributed by atoms with van der Waals surface area (Å²) in [7, 11) is -3.49. The zero-order valence-corrected chi connectivity index (χ0v) is 22.8. The molecule has 4 aromatic rings. The number of benzene rings is 3. The van der Waals surface area contributed by atoms with Crippen molar-refractivity contribution < 1.29 is 22.4 Å². The van der Waals surface area contributed by atoms with E-state index in [1.165, 1.54) is 0 Å². The van der Waals surface area contributed by atoms with Gasteiger partial charge in [0.2, 0.25) is 0 Å². The first kappa shape index (κ1) is 27.9. The van der Waals surface area contributed by atoms with E-state index < -0.39 is 21.9 Å².